The normalized spacial score (nSPS) is 11.0. The van der Waals surface area contributed by atoms with Crippen molar-refractivity contribution in [2.75, 3.05) is 0 Å². The molecule has 0 fully saturated rings. The van der Waals surface area contributed by atoms with Gasteiger partial charge < -0.3 is 0 Å². The molecule has 2 aromatic carbocycles. The minimum Gasteiger partial charge on any atom is -0.256 e. The van der Waals surface area contributed by atoms with E-state index in [1.54, 1.807) is 0 Å². The summed E-state index contributed by atoms with van der Waals surface area (Å²) >= 11 is 0. The molecule has 0 saturated heterocycles. The van der Waals surface area contributed by atoms with Gasteiger partial charge in [0.1, 0.15) is 0 Å². The van der Waals surface area contributed by atoms with Gasteiger partial charge in [0.15, 0.2) is 0 Å². The van der Waals surface area contributed by atoms with Gasteiger partial charge in [-0.25, -0.2) is 0 Å². The van der Waals surface area contributed by atoms with Gasteiger partial charge in [-0.05, 0) is 41.5 Å². The highest BCUT2D eigenvalue weighted by molar-refractivity contribution is 5.97. The topological polar surface area (TPSA) is 12.9 Å². The van der Waals surface area contributed by atoms with Gasteiger partial charge in [0.25, 0.3) is 0 Å². The Labute approximate surface area is 88.4 Å². The van der Waals surface area contributed by atoms with Crippen molar-refractivity contribution < 1.29 is 0 Å². The summed E-state index contributed by atoms with van der Waals surface area (Å²) in [7, 11) is 0. The molecule has 0 atom stereocenters. The lowest BCUT2D eigenvalue weighted by Gasteiger charge is -2.03. The van der Waals surface area contributed by atoms with E-state index in [0.29, 0.717) is 0 Å². The Morgan fingerprint density at radius 2 is 1.67 bits per heavy atom. The molecular formula is C14H11N. The molecule has 0 aliphatic heterocycles. The Bertz CT molecular complexity index is 641. The van der Waals surface area contributed by atoms with Gasteiger partial charge in [0.05, 0.1) is 5.52 Å². The maximum atomic E-state index is 4.39. The van der Waals surface area contributed by atoms with E-state index in [-0.39, 0.29) is 0 Å². The van der Waals surface area contributed by atoms with Gasteiger partial charge in [-0.1, -0.05) is 24.3 Å². The fourth-order valence-electron chi connectivity index (χ4n) is 1.97. The molecule has 72 valence electrons. The van der Waals surface area contributed by atoms with Crippen molar-refractivity contribution in [1.82, 2.24) is 4.98 Å². The van der Waals surface area contributed by atoms with Crippen LogP contribution in [0, 0.1) is 6.92 Å². The average Bonchev–Trinajstić information content (AvgIpc) is 2.27. The third-order valence-corrected chi connectivity index (χ3v) is 2.83. The van der Waals surface area contributed by atoms with Crippen LogP contribution in [0.15, 0.2) is 48.7 Å². The standard InChI is InChI=1S/C14H11N/c1-10-6-7-15-14-9-12-5-3-2-4-11(12)8-13(10)14/h2-9H,1H3. The second kappa shape index (κ2) is 3.06. The highest BCUT2D eigenvalue weighted by atomic mass is 14.6. The van der Waals surface area contributed by atoms with Crippen LogP contribution < -0.4 is 0 Å². The van der Waals surface area contributed by atoms with Crippen molar-refractivity contribution in [3.05, 3.63) is 54.2 Å². The molecule has 15 heavy (non-hydrogen) atoms. The maximum Gasteiger partial charge on any atom is 0.0711 e. The predicted octanol–water partition coefficient (Wildman–Crippen LogP) is 3.70. The van der Waals surface area contributed by atoms with E-state index in [2.05, 4.69) is 54.4 Å². The summed E-state index contributed by atoms with van der Waals surface area (Å²) in [5, 5.41) is 3.78. The number of hydrogen-bond acceptors (Lipinski definition) is 1. The number of hydrogen-bond donors (Lipinski definition) is 0. The molecule has 0 unspecified atom stereocenters. The lowest BCUT2D eigenvalue weighted by atomic mass is 10.0. The largest absolute Gasteiger partial charge is 0.256 e. The molecule has 0 N–H and O–H groups in total. The fourth-order valence-corrected chi connectivity index (χ4v) is 1.97. The summed E-state index contributed by atoms with van der Waals surface area (Å²) in [4.78, 5) is 4.39. The van der Waals surface area contributed by atoms with E-state index >= 15 is 0 Å². The summed E-state index contributed by atoms with van der Waals surface area (Å²) in [6, 6.07) is 14.8. The van der Waals surface area contributed by atoms with Crippen molar-refractivity contribution in [2.45, 2.75) is 6.92 Å². The van der Waals surface area contributed by atoms with Crippen LogP contribution in [0.25, 0.3) is 21.7 Å². The van der Waals surface area contributed by atoms with Crippen LogP contribution in [0.2, 0.25) is 0 Å². The minimum absolute atomic E-state index is 1.08. The smallest absolute Gasteiger partial charge is 0.0711 e. The predicted molar refractivity (Wildman–Crippen MR) is 64.0 cm³/mol. The summed E-state index contributed by atoms with van der Waals surface area (Å²) in [5.41, 5.74) is 2.36. The molecule has 1 heteroatoms. The number of rotatable bonds is 0. The molecule has 0 radical (unpaired) electrons. The summed E-state index contributed by atoms with van der Waals surface area (Å²) in [5.74, 6) is 0. The van der Waals surface area contributed by atoms with Crippen molar-refractivity contribution in [3.8, 4) is 0 Å². The van der Waals surface area contributed by atoms with Crippen LogP contribution in [0.5, 0.6) is 0 Å². The third kappa shape index (κ3) is 1.28. The molecule has 0 aliphatic carbocycles. The zero-order valence-electron chi connectivity index (χ0n) is 8.57. The molecular weight excluding hydrogens is 182 g/mol. The first-order valence-electron chi connectivity index (χ1n) is 5.09. The minimum atomic E-state index is 1.08. The van der Waals surface area contributed by atoms with Gasteiger partial charge in [-0.2, -0.15) is 0 Å². The summed E-state index contributed by atoms with van der Waals surface area (Å²) in [6.07, 6.45) is 1.87. The number of fused-ring (bicyclic) bond motifs is 2. The molecule has 0 saturated carbocycles. The second-order valence-electron chi connectivity index (χ2n) is 3.84. The van der Waals surface area contributed by atoms with Gasteiger partial charge in [-0.15, -0.1) is 0 Å². The summed E-state index contributed by atoms with van der Waals surface area (Å²) in [6.45, 7) is 2.12. The number of benzene rings is 2. The number of aromatic nitrogens is 1. The van der Waals surface area contributed by atoms with Crippen LogP contribution >= 0.6 is 0 Å². The highest BCUT2D eigenvalue weighted by Crippen LogP contribution is 2.23. The fraction of sp³-hybridized carbons (Fsp3) is 0.0714. The average molecular weight is 193 g/mol. The molecule has 1 heterocycles. The second-order valence-corrected chi connectivity index (χ2v) is 3.84. The molecule has 1 nitrogen and oxygen atoms in total. The van der Waals surface area contributed by atoms with Crippen LogP contribution in [0.3, 0.4) is 0 Å². The molecule has 3 rings (SSSR count). The molecule has 3 aromatic rings. The van der Waals surface area contributed by atoms with E-state index in [1.165, 1.54) is 21.7 Å². The van der Waals surface area contributed by atoms with Gasteiger partial charge >= 0.3 is 0 Å². The first kappa shape index (κ1) is 8.42. The first-order valence-corrected chi connectivity index (χ1v) is 5.09. The Kier molecular flexibility index (Phi) is 1.72. The van der Waals surface area contributed by atoms with Crippen LogP contribution in [-0.4, -0.2) is 4.98 Å². The van der Waals surface area contributed by atoms with Crippen LogP contribution in [0.1, 0.15) is 5.56 Å². The van der Waals surface area contributed by atoms with Crippen LogP contribution in [0.4, 0.5) is 0 Å². The number of aryl methyl sites for hydroxylation is 1. The zero-order chi connectivity index (χ0) is 10.3. The molecule has 0 amide bonds. The quantitative estimate of drug-likeness (QED) is 0.496. The van der Waals surface area contributed by atoms with Gasteiger partial charge in [-0.3, -0.25) is 4.98 Å². The molecule has 0 spiro atoms. The maximum absolute atomic E-state index is 4.39. The Balaban J connectivity index is 2.53. The summed E-state index contributed by atoms with van der Waals surface area (Å²) < 4.78 is 0. The van der Waals surface area contributed by atoms with E-state index in [4.69, 9.17) is 0 Å². The molecule has 1 aromatic heterocycles. The lowest BCUT2D eigenvalue weighted by molar-refractivity contribution is 1.37. The Morgan fingerprint density at radius 1 is 0.933 bits per heavy atom. The van der Waals surface area contributed by atoms with Crippen LogP contribution in [-0.2, 0) is 0 Å². The van der Waals surface area contributed by atoms with Gasteiger partial charge in [0.2, 0.25) is 0 Å². The number of pyridine rings is 1. The van der Waals surface area contributed by atoms with Crippen molar-refractivity contribution >= 4 is 21.7 Å². The van der Waals surface area contributed by atoms with Gasteiger partial charge in [0, 0.05) is 11.6 Å². The monoisotopic (exact) mass is 193 g/mol. The van der Waals surface area contributed by atoms with E-state index in [1.807, 2.05) is 6.20 Å². The van der Waals surface area contributed by atoms with E-state index < -0.39 is 0 Å². The third-order valence-electron chi connectivity index (χ3n) is 2.83. The lowest BCUT2D eigenvalue weighted by Crippen LogP contribution is -1.82. The molecule has 0 aliphatic rings. The van der Waals surface area contributed by atoms with E-state index in [0.717, 1.165) is 5.52 Å². The Hall–Kier alpha value is -1.89. The van der Waals surface area contributed by atoms with Crippen molar-refractivity contribution in [1.29, 1.82) is 0 Å². The SMILES string of the molecule is Cc1ccnc2cc3ccccc3cc12. The first-order chi connectivity index (χ1) is 7.34. The highest BCUT2D eigenvalue weighted by Gasteiger charge is 2.00. The van der Waals surface area contributed by atoms with Crippen molar-refractivity contribution in [3.63, 3.8) is 0 Å². The zero-order valence-corrected chi connectivity index (χ0v) is 8.57. The van der Waals surface area contributed by atoms with Crippen molar-refractivity contribution in [2.24, 2.45) is 0 Å². The Morgan fingerprint density at radius 3 is 2.47 bits per heavy atom. The molecule has 0 bridgehead atoms. The number of nitrogens with zero attached hydrogens (tertiary/aromatic N) is 1. The van der Waals surface area contributed by atoms with E-state index in [9.17, 15) is 0 Å².